The zero-order chi connectivity index (χ0) is 17.5. The lowest BCUT2D eigenvalue weighted by Crippen LogP contribution is -2.36. The molecule has 2 aromatic carbocycles. The van der Waals surface area contributed by atoms with Gasteiger partial charge in [-0.25, -0.2) is 0 Å². The zero-order valence-electron chi connectivity index (χ0n) is 15.4. The van der Waals surface area contributed by atoms with E-state index < -0.39 is 0 Å². The maximum absolute atomic E-state index is 5.94. The summed E-state index contributed by atoms with van der Waals surface area (Å²) in [4.78, 5) is 4.68. The Kier molecular flexibility index (Phi) is 6.04. The van der Waals surface area contributed by atoms with Gasteiger partial charge >= 0.3 is 0 Å². The predicted molar refractivity (Wildman–Crippen MR) is 105 cm³/mol. The van der Waals surface area contributed by atoms with Crippen molar-refractivity contribution in [1.29, 1.82) is 0 Å². The molecule has 2 unspecified atom stereocenters. The molecule has 2 aromatic rings. The molecule has 2 heteroatoms. The molecular weight excluding hydrogens is 306 g/mol. The predicted octanol–water partition coefficient (Wildman–Crippen LogP) is 5.48. The molecule has 1 saturated heterocycles. The van der Waals surface area contributed by atoms with E-state index in [0.717, 1.165) is 32.4 Å². The van der Waals surface area contributed by atoms with Crippen molar-refractivity contribution in [2.45, 2.75) is 44.6 Å². The highest BCUT2D eigenvalue weighted by Gasteiger charge is 2.33. The van der Waals surface area contributed by atoms with Gasteiger partial charge in [-0.2, -0.15) is 0 Å². The van der Waals surface area contributed by atoms with Crippen LogP contribution in [0, 0.1) is 5.92 Å². The molecule has 0 bridgehead atoms. The van der Waals surface area contributed by atoms with E-state index >= 15 is 0 Å². The average Bonchev–Trinajstić information content (AvgIpc) is 2.62. The Morgan fingerprint density at radius 1 is 1.08 bits per heavy atom. The Bertz CT molecular complexity index is 663. The molecule has 3 rings (SSSR count). The van der Waals surface area contributed by atoms with Crippen LogP contribution < -0.4 is 0 Å². The molecule has 1 aliphatic heterocycles. The normalized spacial score (nSPS) is 21.3. The maximum Gasteiger partial charge on any atom is 0.0629 e. The van der Waals surface area contributed by atoms with Gasteiger partial charge in [-0.3, -0.25) is 4.99 Å². The first kappa shape index (κ1) is 17.9. The van der Waals surface area contributed by atoms with Gasteiger partial charge in [0.05, 0.1) is 5.60 Å². The Balaban J connectivity index is 1.68. The van der Waals surface area contributed by atoms with Gasteiger partial charge in [0.25, 0.3) is 0 Å². The van der Waals surface area contributed by atoms with Crippen LogP contribution in [-0.4, -0.2) is 25.0 Å². The number of hydrogen-bond donors (Lipinski definition) is 0. The van der Waals surface area contributed by atoms with Gasteiger partial charge in [-0.1, -0.05) is 60.7 Å². The van der Waals surface area contributed by atoms with Gasteiger partial charge in [0, 0.05) is 19.4 Å². The fourth-order valence-corrected chi connectivity index (χ4v) is 3.92. The summed E-state index contributed by atoms with van der Waals surface area (Å²) in [7, 11) is 0. The minimum atomic E-state index is -0.0107. The SMILES string of the molecule is CC1(C)CC(C(CCN=Cc2ccccc2)c2ccccc2)CCO1. The van der Waals surface area contributed by atoms with Crippen LogP contribution in [0.5, 0.6) is 0 Å². The molecule has 0 N–H and O–H groups in total. The first-order valence-corrected chi connectivity index (χ1v) is 9.38. The van der Waals surface area contributed by atoms with E-state index in [9.17, 15) is 0 Å². The third kappa shape index (κ3) is 5.27. The number of benzene rings is 2. The van der Waals surface area contributed by atoms with E-state index in [1.165, 1.54) is 11.1 Å². The summed E-state index contributed by atoms with van der Waals surface area (Å²) in [6.07, 6.45) is 5.35. The minimum absolute atomic E-state index is 0.0107. The standard InChI is InChI=1S/C23H29NO/c1-23(2)17-21(14-16-25-23)22(20-11-7-4-8-12-20)13-15-24-18-19-9-5-3-6-10-19/h3-12,18,21-22H,13-17H2,1-2H3. The van der Waals surface area contributed by atoms with Crippen LogP contribution in [0.2, 0.25) is 0 Å². The summed E-state index contributed by atoms with van der Waals surface area (Å²) < 4.78 is 5.94. The van der Waals surface area contributed by atoms with Crippen LogP contribution in [-0.2, 0) is 4.74 Å². The van der Waals surface area contributed by atoms with Crippen molar-refractivity contribution < 1.29 is 4.74 Å². The van der Waals surface area contributed by atoms with E-state index in [1.807, 2.05) is 12.3 Å². The molecule has 2 nitrogen and oxygen atoms in total. The van der Waals surface area contributed by atoms with Crippen molar-refractivity contribution in [3.05, 3.63) is 71.8 Å². The smallest absolute Gasteiger partial charge is 0.0629 e. The van der Waals surface area contributed by atoms with Crippen LogP contribution in [0.15, 0.2) is 65.7 Å². The van der Waals surface area contributed by atoms with Gasteiger partial charge in [-0.15, -0.1) is 0 Å². The van der Waals surface area contributed by atoms with Crippen molar-refractivity contribution in [2.24, 2.45) is 10.9 Å². The van der Waals surface area contributed by atoms with E-state index in [-0.39, 0.29) is 5.60 Å². The summed E-state index contributed by atoms with van der Waals surface area (Å²) in [6.45, 7) is 6.17. The topological polar surface area (TPSA) is 21.6 Å². The Labute approximate surface area is 152 Å². The van der Waals surface area contributed by atoms with Crippen molar-refractivity contribution in [1.82, 2.24) is 0 Å². The summed E-state index contributed by atoms with van der Waals surface area (Å²) in [5.41, 5.74) is 2.61. The summed E-state index contributed by atoms with van der Waals surface area (Å²) >= 11 is 0. The molecule has 0 aromatic heterocycles. The zero-order valence-corrected chi connectivity index (χ0v) is 15.4. The van der Waals surface area contributed by atoms with Gasteiger partial charge in [-0.05, 0) is 56.1 Å². The van der Waals surface area contributed by atoms with E-state index in [0.29, 0.717) is 11.8 Å². The summed E-state index contributed by atoms with van der Waals surface area (Å²) in [6, 6.07) is 21.3. The molecule has 0 radical (unpaired) electrons. The molecule has 0 amide bonds. The molecule has 0 spiro atoms. The fourth-order valence-electron chi connectivity index (χ4n) is 3.92. The van der Waals surface area contributed by atoms with Gasteiger partial charge in [0.2, 0.25) is 0 Å². The third-order valence-electron chi connectivity index (χ3n) is 5.14. The molecular formula is C23H29NO. The second-order valence-electron chi connectivity index (χ2n) is 7.61. The number of aliphatic imine (C=N–C) groups is 1. The van der Waals surface area contributed by atoms with Gasteiger partial charge in [0.15, 0.2) is 0 Å². The molecule has 25 heavy (non-hydrogen) atoms. The van der Waals surface area contributed by atoms with Crippen LogP contribution in [0.25, 0.3) is 0 Å². The Hall–Kier alpha value is -1.93. The highest BCUT2D eigenvalue weighted by atomic mass is 16.5. The average molecular weight is 335 g/mol. The lowest BCUT2D eigenvalue weighted by Gasteiger charge is -2.39. The van der Waals surface area contributed by atoms with Crippen molar-refractivity contribution >= 4 is 6.21 Å². The summed E-state index contributed by atoms with van der Waals surface area (Å²) in [5.74, 6) is 1.22. The van der Waals surface area contributed by atoms with Crippen LogP contribution in [0.1, 0.15) is 50.2 Å². The maximum atomic E-state index is 5.94. The van der Waals surface area contributed by atoms with Crippen LogP contribution >= 0.6 is 0 Å². The van der Waals surface area contributed by atoms with Crippen LogP contribution in [0.3, 0.4) is 0 Å². The number of hydrogen-bond acceptors (Lipinski definition) is 2. The van der Waals surface area contributed by atoms with E-state index in [4.69, 9.17) is 4.74 Å². The minimum Gasteiger partial charge on any atom is -0.376 e. The quantitative estimate of drug-likeness (QED) is 0.640. The first-order chi connectivity index (χ1) is 12.1. The van der Waals surface area contributed by atoms with Crippen molar-refractivity contribution in [2.75, 3.05) is 13.2 Å². The second-order valence-corrected chi connectivity index (χ2v) is 7.61. The molecule has 1 aliphatic rings. The van der Waals surface area contributed by atoms with E-state index in [2.05, 4.69) is 73.4 Å². The lowest BCUT2D eigenvalue weighted by atomic mass is 9.75. The molecule has 0 saturated carbocycles. The monoisotopic (exact) mass is 335 g/mol. The first-order valence-electron chi connectivity index (χ1n) is 9.38. The van der Waals surface area contributed by atoms with Gasteiger partial charge < -0.3 is 4.74 Å². The van der Waals surface area contributed by atoms with Crippen LogP contribution in [0.4, 0.5) is 0 Å². The van der Waals surface area contributed by atoms with Gasteiger partial charge in [0.1, 0.15) is 0 Å². The second kappa shape index (κ2) is 8.44. The molecule has 132 valence electrons. The highest BCUT2D eigenvalue weighted by molar-refractivity contribution is 5.79. The Morgan fingerprint density at radius 3 is 2.44 bits per heavy atom. The fraction of sp³-hybridized carbons (Fsp3) is 0.435. The number of rotatable bonds is 6. The van der Waals surface area contributed by atoms with Crippen molar-refractivity contribution in [3.63, 3.8) is 0 Å². The van der Waals surface area contributed by atoms with Crippen molar-refractivity contribution in [3.8, 4) is 0 Å². The molecule has 0 aliphatic carbocycles. The van der Waals surface area contributed by atoms with E-state index in [1.54, 1.807) is 0 Å². The molecule has 2 atom stereocenters. The number of ether oxygens (including phenoxy) is 1. The third-order valence-corrected chi connectivity index (χ3v) is 5.14. The molecule has 1 heterocycles. The Morgan fingerprint density at radius 2 is 1.76 bits per heavy atom. The number of nitrogens with zero attached hydrogens (tertiary/aromatic N) is 1. The largest absolute Gasteiger partial charge is 0.376 e. The lowest BCUT2D eigenvalue weighted by molar-refractivity contribution is -0.0771. The highest BCUT2D eigenvalue weighted by Crippen LogP contribution is 2.39. The molecule has 1 fully saturated rings. The summed E-state index contributed by atoms with van der Waals surface area (Å²) in [5, 5.41) is 0.